The maximum atomic E-state index is 12.8. The Bertz CT molecular complexity index is 780. The molecule has 0 radical (unpaired) electrons. The van der Waals surface area contributed by atoms with Crippen LogP contribution in [-0.4, -0.2) is 45.6 Å². The van der Waals surface area contributed by atoms with Gasteiger partial charge < -0.3 is 15.2 Å². The van der Waals surface area contributed by atoms with Crippen molar-refractivity contribution in [2.24, 2.45) is 0 Å². The number of halogens is 1. The number of sulfonamides is 1. The molecule has 2 aromatic rings. The highest BCUT2D eigenvalue weighted by Gasteiger charge is 2.06. The molecule has 0 bridgehead atoms. The van der Waals surface area contributed by atoms with E-state index in [9.17, 15) is 17.9 Å². The van der Waals surface area contributed by atoms with Gasteiger partial charge in [0, 0.05) is 12.2 Å². The number of anilines is 1. The quantitative estimate of drug-likeness (QED) is 0.545. The van der Waals surface area contributed by atoms with E-state index in [0.29, 0.717) is 24.5 Å². The molecule has 142 valence electrons. The molecule has 0 saturated heterocycles. The van der Waals surface area contributed by atoms with Crippen molar-refractivity contribution < 1.29 is 22.7 Å². The van der Waals surface area contributed by atoms with Crippen LogP contribution in [0.2, 0.25) is 0 Å². The van der Waals surface area contributed by atoms with E-state index in [1.807, 2.05) is 0 Å². The number of nitrogens with one attached hydrogen (secondary N) is 2. The minimum absolute atomic E-state index is 0.113. The average molecular weight is 382 g/mol. The second kappa shape index (κ2) is 9.51. The van der Waals surface area contributed by atoms with Gasteiger partial charge in [-0.1, -0.05) is 12.1 Å². The lowest BCUT2D eigenvalue weighted by Gasteiger charge is -2.14. The fraction of sp³-hybridized carbons (Fsp3) is 0.333. The summed E-state index contributed by atoms with van der Waals surface area (Å²) in [5, 5.41) is 13.0. The third-order valence-corrected chi connectivity index (χ3v) is 4.09. The van der Waals surface area contributed by atoms with Gasteiger partial charge in [-0.3, -0.25) is 4.72 Å². The van der Waals surface area contributed by atoms with Gasteiger partial charge in [-0.25, -0.2) is 12.8 Å². The van der Waals surface area contributed by atoms with Crippen LogP contribution >= 0.6 is 0 Å². The Balaban J connectivity index is 1.65. The molecule has 2 aromatic carbocycles. The van der Waals surface area contributed by atoms with E-state index in [0.717, 1.165) is 18.2 Å². The number of hydrogen-bond acceptors (Lipinski definition) is 5. The minimum atomic E-state index is -3.31. The normalized spacial score (nSPS) is 12.6. The molecule has 0 aliphatic rings. The second-order valence-corrected chi connectivity index (χ2v) is 7.69. The number of hydrogen-bond donors (Lipinski definition) is 3. The van der Waals surface area contributed by atoms with Gasteiger partial charge in [-0.05, 0) is 54.9 Å². The lowest BCUT2D eigenvalue weighted by Crippen LogP contribution is -2.32. The second-order valence-electron chi connectivity index (χ2n) is 5.94. The van der Waals surface area contributed by atoms with Crippen molar-refractivity contribution in [1.82, 2.24) is 5.32 Å². The summed E-state index contributed by atoms with van der Waals surface area (Å²) in [7, 11) is -3.31. The molecule has 0 unspecified atom stereocenters. The van der Waals surface area contributed by atoms with Crippen LogP contribution in [0, 0.1) is 5.82 Å². The summed E-state index contributed by atoms with van der Waals surface area (Å²) in [4.78, 5) is 0. The van der Waals surface area contributed by atoms with Gasteiger partial charge in [-0.2, -0.15) is 0 Å². The monoisotopic (exact) mass is 382 g/mol. The van der Waals surface area contributed by atoms with E-state index in [2.05, 4.69) is 10.0 Å². The first-order valence-electron chi connectivity index (χ1n) is 8.16. The third kappa shape index (κ3) is 7.81. The molecule has 6 nitrogen and oxygen atoms in total. The molecule has 26 heavy (non-hydrogen) atoms. The predicted octanol–water partition coefficient (Wildman–Crippen LogP) is 1.77. The molecular weight excluding hydrogens is 359 g/mol. The maximum absolute atomic E-state index is 12.8. The van der Waals surface area contributed by atoms with E-state index in [1.165, 1.54) is 12.1 Å². The summed E-state index contributed by atoms with van der Waals surface area (Å²) in [5.41, 5.74) is 1.47. The minimum Gasteiger partial charge on any atom is -0.491 e. The SMILES string of the molecule is CS(=O)(=O)Nc1ccc(OC[C@@H](O)CNCCc2ccc(F)cc2)cc1. The summed E-state index contributed by atoms with van der Waals surface area (Å²) >= 11 is 0. The number of rotatable bonds is 10. The molecule has 0 saturated carbocycles. The Morgan fingerprint density at radius 3 is 2.38 bits per heavy atom. The Kier molecular flexibility index (Phi) is 7.38. The molecular formula is C18H23FN2O4S. The molecule has 0 spiro atoms. The largest absolute Gasteiger partial charge is 0.491 e. The summed E-state index contributed by atoms with van der Waals surface area (Å²) in [5.74, 6) is 0.281. The fourth-order valence-corrected chi connectivity index (χ4v) is 2.80. The highest BCUT2D eigenvalue weighted by atomic mass is 32.2. The highest BCUT2D eigenvalue weighted by molar-refractivity contribution is 7.92. The molecule has 8 heteroatoms. The first kappa shape index (κ1) is 20.2. The molecule has 3 N–H and O–H groups in total. The van der Waals surface area contributed by atoms with Gasteiger partial charge in [0.15, 0.2) is 0 Å². The molecule has 0 heterocycles. The van der Waals surface area contributed by atoms with E-state index in [4.69, 9.17) is 4.74 Å². The van der Waals surface area contributed by atoms with Crippen LogP contribution in [0.3, 0.4) is 0 Å². The Labute approximate surface area is 153 Å². The van der Waals surface area contributed by atoms with Crippen LogP contribution in [-0.2, 0) is 16.4 Å². The molecule has 0 aromatic heterocycles. The summed E-state index contributed by atoms with van der Waals surface area (Å²) in [6, 6.07) is 12.7. The van der Waals surface area contributed by atoms with Crippen molar-refractivity contribution in [3.05, 3.63) is 59.9 Å². The standard InChI is InChI=1S/C18H23FN2O4S/c1-26(23,24)21-16-6-8-18(9-7-16)25-13-17(22)12-20-11-10-14-2-4-15(19)5-3-14/h2-9,17,20-22H,10-13H2,1H3/t17-/m0/s1. The first-order valence-corrected chi connectivity index (χ1v) is 10.0. The summed E-state index contributed by atoms with van der Waals surface area (Å²) in [6.45, 7) is 1.14. The van der Waals surface area contributed by atoms with Crippen molar-refractivity contribution in [3.63, 3.8) is 0 Å². The lowest BCUT2D eigenvalue weighted by molar-refractivity contribution is 0.106. The zero-order chi connectivity index (χ0) is 19.0. The lowest BCUT2D eigenvalue weighted by atomic mass is 10.1. The van der Waals surface area contributed by atoms with E-state index >= 15 is 0 Å². The molecule has 0 aliphatic carbocycles. The van der Waals surface area contributed by atoms with Gasteiger partial charge >= 0.3 is 0 Å². The molecule has 0 amide bonds. The van der Waals surface area contributed by atoms with Gasteiger partial charge in [-0.15, -0.1) is 0 Å². The Hall–Kier alpha value is -2.16. The zero-order valence-corrected chi connectivity index (χ0v) is 15.3. The van der Waals surface area contributed by atoms with Crippen molar-refractivity contribution in [1.29, 1.82) is 0 Å². The van der Waals surface area contributed by atoms with Crippen molar-refractivity contribution >= 4 is 15.7 Å². The van der Waals surface area contributed by atoms with Crippen molar-refractivity contribution in [2.75, 3.05) is 30.7 Å². The van der Waals surface area contributed by atoms with Gasteiger partial charge in [0.1, 0.15) is 24.3 Å². The smallest absolute Gasteiger partial charge is 0.229 e. The Morgan fingerprint density at radius 2 is 1.77 bits per heavy atom. The van der Waals surface area contributed by atoms with Crippen LogP contribution in [0.5, 0.6) is 5.75 Å². The molecule has 2 rings (SSSR count). The van der Waals surface area contributed by atoms with Crippen LogP contribution in [0.4, 0.5) is 10.1 Å². The number of ether oxygens (including phenoxy) is 1. The summed E-state index contributed by atoms with van der Waals surface area (Å²) < 4.78 is 42.9. The fourth-order valence-electron chi connectivity index (χ4n) is 2.24. The Morgan fingerprint density at radius 1 is 1.12 bits per heavy atom. The molecule has 1 atom stereocenters. The number of benzene rings is 2. The van der Waals surface area contributed by atoms with E-state index in [1.54, 1.807) is 36.4 Å². The highest BCUT2D eigenvalue weighted by Crippen LogP contribution is 2.16. The molecule has 0 fully saturated rings. The molecule has 0 aliphatic heterocycles. The summed E-state index contributed by atoms with van der Waals surface area (Å²) in [6.07, 6.45) is 1.14. The van der Waals surface area contributed by atoms with Gasteiger partial charge in [0.2, 0.25) is 10.0 Å². The average Bonchev–Trinajstić information content (AvgIpc) is 2.58. The van der Waals surface area contributed by atoms with Crippen LogP contribution < -0.4 is 14.8 Å². The topological polar surface area (TPSA) is 87.7 Å². The van der Waals surface area contributed by atoms with E-state index in [-0.39, 0.29) is 12.4 Å². The predicted molar refractivity (Wildman–Crippen MR) is 99.4 cm³/mol. The maximum Gasteiger partial charge on any atom is 0.229 e. The zero-order valence-electron chi connectivity index (χ0n) is 14.5. The number of aliphatic hydroxyl groups is 1. The van der Waals surface area contributed by atoms with Crippen LogP contribution in [0.15, 0.2) is 48.5 Å². The number of aliphatic hydroxyl groups excluding tert-OH is 1. The first-order chi connectivity index (χ1) is 12.3. The van der Waals surface area contributed by atoms with Crippen molar-refractivity contribution in [3.8, 4) is 5.75 Å². The van der Waals surface area contributed by atoms with Gasteiger partial charge in [0.05, 0.1) is 6.26 Å². The van der Waals surface area contributed by atoms with Crippen LogP contribution in [0.1, 0.15) is 5.56 Å². The third-order valence-electron chi connectivity index (χ3n) is 3.48. The van der Waals surface area contributed by atoms with Crippen molar-refractivity contribution in [2.45, 2.75) is 12.5 Å². The van der Waals surface area contributed by atoms with Crippen LogP contribution in [0.25, 0.3) is 0 Å². The van der Waals surface area contributed by atoms with Gasteiger partial charge in [0.25, 0.3) is 0 Å². The van der Waals surface area contributed by atoms with E-state index < -0.39 is 16.1 Å².